The highest BCUT2D eigenvalue weighted by atomic mass is 32.2. The molecule has 0 aliphatic carbocycles. The zero-order valence-electron chi connectivity index (χ0n) is 17.1. The van der Waals surface area contributed by atoms with Crippen molar-refractivity contribution in [1.29, 1.82) is 0 Å². The van der Waals surface area contributed by atoms with Crippen molar-refractivity contribution in [2.45, 2.75) is 39.5 Å². The first-order chi connectivity index (χ1) is 12.8. The van der Waals surface area contributed by atoms with E-state index >= 15 is 0 Å². The van der Waals surface area contributed by atoms with Crippen LogP contribution in [0.5, 0.6) is 0 Å². The molecular formula is C20H35N3O3S. The highest BCUT2D eigenvalue weighted by Gasteiger charge is 2.02. The average Bonchev–Trinajstić information content (AvgIpc) is 2.61. The van der Waals surface area contributed by atoms with Gasteiger partial charge in [0.2, 0.25) is 0 Å². The molecular weight excluding hydrogens is 362 g/mol. The Morgan fingerprint density at radius 2 is 1.85 bits per heavy atom. The summed E-state index contributed by atoms with van der Waals surface area (Å²) in [5, 5.41) is 6.41. The minimum absolute atomic E-state index is 0.0549. The van der Waals surface area contributed by atoms with Gasteiger partial charge in [0.25, 0.3) is 0 Å². The van der Waals surface area contributed by atoms with Gasteiger partial charge in [-0.15, -0.1) is 0 Å². The largest absolute Gasteiger partial charge is 0.379 e. The van der Waals surface area contributed by atoms with Crippen LogP contribution in [0.1, 0.15) is 44.2 Å². The van der Waals surface area contributed by atoms with E-state index in [9.17, 15) is 8.42 Å². The van der Waals surface area contributed by atoms with Crippen molar-refractivity contribution in [2.75, 3.05) is 44.9 Å². The number of rotatable bonds is 12. The number of hydrogen-bond donors (Lipinski definition) is 2. The molecule has 0 aliphatic rings. The summed E-state index contributed by atoms with van der Waals surface area (Å²) < 4.78 is 27.4. The number of nitrogens with zero attached hydrogens (tertiary/aromatic N) is 1. The average molecular weight is 398 g/mol. The smallest absolute Gasteiger partial charge is 0.191 e. The Morgan fingerprint density at radius 1 is 1.15 bits per heavy atom. The topological polar surface area (TPSA) is 79.8 Å². The van der Waals surface area contributed by atoms with Gasteiger partial charge in [-0.25, -0.2) is 8.42 Å². The predicted octanol–water partition coefficient (Wildman–Crippen LogP) is 2.36. The number of aliphatic imine (C=N–C) groups is 1. The van der Waals surface area contributed by atoms with Crippen LogP contribution < -0.4 is 10.6 Å². The van der Waals surface area contributed by atoms with Crippen molar-refractivity contribution in [2.24, 2.45) is 4.99 Å². The third kappa shape index (κ3) is 11.7. The van der Waals surface area contributed by atoms with E-state index in [1.165, 1.54) is 17.4 Å². The van der Waals surface area contributed by atoms with Gasteiger partial charge >= 0.3 is 0 Å². The Hall–Kier alpha value is -1.60. The summed E-state index contributed by atoms with van der Waals surface area (Å²) in [7, 11) is -2.96. The standard InChI is InChI=1S/C20H35N3O3S/c1-5-21-20(23-13-14-26-15-16-27(4,24)25)22-12-6-7-18-8-10-19(11-9-18)17(2)3/h8-11,17H,5-7,12-16H2,1-4H3,(H2,21,22,23). The maximum absolute atomic E-state index is 11.0. The normalized spacial score (nSPS) is 12.4. The fourth-order valence-corrected chi connectivity index (χ4v) is 2.86. The fraction of sp³-hybridized carbons (Fsp3) is 0.650. The first-order valence-corrected chi connectivity index (χ1v) is 11.7. The molecule has 2 N–H and O–H groups in total. The number of aryl methyl sites for hydroxylation is 1. The molecule has 0 aliphatic heterocycles. The lowest BCUT2D eigenvalue weighted by Gasteiger charge is -2.11. The molecule has 0 aromatic heterocycles. The lowest BCUT2D eigenvalue weighted by Crippen LogP contribution is -2.39. The van der Waals surface area contributed by atoms with Crippen LogP contribution in [0.25, 0.3) is 0 Å². The first kappa shape index (κ1) is 23.4. The maximum atomic E-state index is 11.0. The molecule has 0 radical (unpaired) electrons. The Balaban J connectivity index is 2.28. The van der Waals surface area contributed by atoms with Crippen LogP contribution in [0.2, 0.25) is 0 Å². The van der Waals surface area contributed by atoms with Crippen molar-refractivity contribution >= 4 is 15.8 Å². The highest BCUT2D eigenvalue weighted by molar-refractivity contribution is 7.90. The van der Waals surface area contributed by atoms with Crippen molar-refractivity contribution in [3.63, 3.8) is 0 Å². The van der Waals surface area contributed by atoms with Crippen LogP contribution in [0.4, 0.5) is 0 Å². The molecule has 0 bridgehead atoms. The lowest BCUT2D eigenvalue weighted by molar-refractivity contribution is 0.154. The molecule has 0 amide bonds. The van der Waals surface area contributed by atoms with Gasteiger partial charge in [0.1, 0.15) is 9.84 Å². The molecule has 0 saturated heterocycles. The zero-order valence-corrected chi connectivity index (χ0v) is 17.9. The lowest BCUT2D eigenvalue weighted by atomic mass is 10.0. The molecule has 0 spiro atoms. The fourth-order valence-electron chi connectivity index (χ4n) is 2.44. The zero-order chi connectivity index (χ0) is 20.1. The summed E-state index contributed by atoms with van der Waals surface area (Å²) in [6.45, 7) is 9.23. The van der Waals surface area contributed by atoms with E-state index in [1.807, 2.05) is 6.92 Å². The van der Waals surface area contributed by atoms with Gasteiger partial charge in [-0.3, -0.25) is 4.99 Å². The summed E-state index contributed by atoms with van der Waals surface area (Å²) in [5.74, 6) is 1.38. The van der Waals surface area contributed by atoms with Crippen LogP contribution in [0, 0.1) is 0 Å². The second-order valence-corrected chi connectivity index (χ2v) is 9.19. The van der Waals surface area contributed by atoms with Crippen molar-refractivity contribution in [3.8, 4) is 0 Å². The van der Waals surface area contributed by atoms with Crippen LogP contribution in [-0.2, 0) is 21.0 Å². The summed E-state index contributed by atoms with van der Waals surface area (Å²) in [6.07, 6.45) is 3.21. The molecule has 0 unspecified atom stereocenters. The quantitative estimate of drug-likeness (QED) is 0.322. The van der Waals surface area contributed by atoms with E-state index < -0.39 is 9.84 Å². The highest BCUT2D eigenvalue weighted by Crippen LogP contribution is 2.15. The molecule has 27 heavy (non-hydrogen) atoms. The Kier molecular flexibility index (Phi) is 11.0. The molecule has 7 heteroatoms. The molecule has 154 valence electrons. The molecule has 0 saturated carbocycles. The molecule has 0 heterocycles. The minimum atomic E-state index is -2.96. The van der Waals surface area contributed by atoms with Gasteiger partial charge in [-0.1, -0.05) is 38.1 Å². The third-order valence-corrected chi connectivity index (χ3v) is 4.93. The van der Waals surface area contributed by atoms with Crippen LogP contribution in [-0.4, -0.2) is 59.2 Å². The van der Waals surface area contributed by atoms with Crippen LogP contribution >= 0.6 is 0 Å². The molecule has 0 fully saturated rings. The number of nitrogens with one attached hydrogen (secondary N) is 2. The van der Waals surface area contributed by atoms with Gasteiger partial charge in [-0.2, -0.15) is 0 Å². The minimum Gasteiger partial charge on any atom is -0.379 e. The van der Waals surface area contributed by atoms with E-state index in [1.54, 1.807) is 0 Å². The number of sulfone groups is 1. The van der Waals surface area contributed by atoms with Crippen LogP contribution in [0.15, 0.2) is 29.3 Å². The molecule has 1 rings (SSSR count). The molecule has 6 nitrogen and oxygen atoms in total. The van der Waals surface area contributed by atoms with Gasteiger partial charge < -0.3 is 15.4 Å². The first-order valence-electron chi connectivity index (χ1n) is 9.68. The molecule has 1 aromatic rings. The number of guanidine groups is 1. The summed E-state index contributed by atoms with van der Waals surface area (Å²) in [4.78, 5) is 4.57. The molecule has 0 atom stereocenters. The summed E-state index contributed by atoms with van der Waals surface area (Å²) >= 11 is 0. The predicted molar refractivity (Wildman–Crippen MR) is 113 cm³/mol. The number of benzene rings is 1. The third-order valence-electron chi connectivity index (χ3n) is 4.02. The van der Waals surface area contributed by atoms with Crippen molar-refractivity contribution in [1.82, 2.24) is 10.6 Å². The van der Waals surface area contributed by atoms with Crippen molar-refractivity contribution in [3.05, 3.63) is 35.4 Å². The van der Waals surface area contributed by atoms with Gasteiger partial charge in [0, 0.05) is 25.9 Å². The Bertz CT molecular complexity index is 656. The summed E-state index contributed by atoms with van der Waals surface area (Å²) in [5.41, 5.74) is 2.71. The Morgan fingerprint density at radius 3 is 2.44 bits per heavy atom. The van der Waals surface area contributed by atoms with Gasteiger partial charge in [-0.05, 0) is 36.8 Å². The SMILES string of the molecule is CCNC(=NCCCc1ccc(C(C)C)cc1)NCCOCCS(C)(=O)=O. The van der Waals surface area contributed by atoms with Crippen LogP contribution in [0.3, 0.4) is 0 Å². The molecule has 1 aromatic carbocycles. The number of ether oxygens (including phenoxy) is 1. The summed E-state index contributed by atoms with van der Waals surface area (Å²) in [6, 6.07) is 8.82. The monoisotopic (exact) mass is 397 g/mol. The second-order valence-electron chi connectivity index (χ2n) is 6.93. The van der Waals surface area contributed by atoms with Gasteiger partial charge in [0.05, 0.1) is 19.0 Å². The van der Waals surface area contributed by atoms with Gasteiger partial charge in [0.15, 0.2) is 5.96 Å². The van der Waals surface area contributed by atoms with Crippen molar-refractivity contribution < 1.29 is 13.2 Å². The van der Waals surface area contributed by atoms with E-state index in [2.05, 4.69) is 53.7 Å². The second kappa shape index (κ2) is 12.7. The maximum Gasteiger partial charge on any atom is 0.191 e. The van der Waals surface area contributed by atoms with E-state index in [0.29, 0.717) is 19.1 Å². The Labute approximate surface area is 164 Å². The number of hydrogen-bond acceptors (Lipinski definition) is 4. The van der Waals surface area contributed by atoms with E-state index in [4.69, 9.17) is 4.74 Å². The van der Waals surface area contributed by atoms with E-state index in [-0.39, 0.29) is 12.4 Å². The van der Waals surface area contributed by atoms with E-state index in [0.717, 1.165) is 31.9 Å².